The van der Waals surface area contributed by atoms with Crippen molar-refractivity contribution in [1.29, 1.82) is 0 Å². The van der Waals surface area contributed by atoms with Crippen LogP contribution in [0.15, 0.2) is 24.3 Å². The third-order valence-electron chi connectivity index (χ3n) is 5.82. The highest BCUT2D eigenvalue weighted by molar-refractivity contribution is 5.77. The molecule has 0 aromatic heterocycles. The van der Waals surface area contributed by atoms with Crippen molar-refractivity contribution in [2.45, 2.75) is 70.9 Å². The van der Waals surface area contributed by atoms with Gasteiger partial charge in [0.15, 0.2) is 0 Å². The first-order valence-corrected chi connectivity index (χ1v) is 10.9. The summed E-state index contributed by atoms with van der Waals surface area (Å²) in [5, 5.41) is 6.02. The summed E-state index contributed by atoms with van der Waals surface area (Å²) in [7, 11) is 0. The van der Waals surface area contributed by atoms with Crippen LogP contribution in [0.25, 0.3) is 0 Å². The zero-order valence-corrected chi connectivity index (χ0v) is 18.2. The number of likely N-dealkylation sites (tertiary alicyclic amines) is 1. The zero-order chi connectivity index (χ0) is 21.0. The van der Waals surface area contributed by atoms with E-state index in [1.54, 1.807) is 0 Å². The third-order valence-corrected chi connectivity index (χ3v) is 5.82. The molecule has 0 aliphatic carbocycles. The van der Waals surface area contributed by atoms with E-state index in [-0.39, 0.29) is 29.5 Å². The first-order valence-electron chi connectivity index (χ1n) is 10.9. The highest BCUT2D eigenvalue weighted by atomic mass is 16.5. The van der Waals surface area contributed by atoms with Crippen molar-refractivity contribution < 1.29 is 14.3 Å². The van der Waals surface area contributed by atoms with Crippen molar-refractivity contribution in [2.24, 2.45) is 5.92 Å². The Morgan fingerprint density at radius 2 is 1.86 bits per heavy atom. The quantitative estimate of drug-likeness (QED) is 0.791. The fourth-order valence-corrected chi connectivity index (χ4v) is 4.30. The molecule has 160 valence electrons. The lowest BCUT2D eigenvalue weighted by Gasteiger charge is -2.47. The van der Waals surface area contributed by atoms with Crippen LogP contribution >= 0.6 is 0 Å². The highest BCUT2D eigenvalue weighted by Gasteiger charge is 2.44. The second kappa shape index (κ2) is 9.06. The average Bonchev–Trinajstić information content (AvgIpc) is 2.66. The fourth-order valence-electron chi connectivity index (χ4n) is 4.30. The van der Waals surface area contributed by atoms with Gasteiger partial charge in [-0.15, -0.1) is 0 Å². The SMILES string of the molecule is CC(C)CNC(=O)C[C@H]1CC2(CCN(C(=O)NC(C)C)CC2)Oc2ccccc21. The molecule has 0 radical (unpaired) electrons. The van der Waals surface area contributed by atoms with Crippen molar-refractivity contribution >= 4 is 11.9 Å². The molecular formula is C23H35N3O3. The Bertz CT molecular complexity index is 724. The van der Waals surface area contributed by atoms with Gasteiger partial charge in [-0.1, -0.05) is 32.0 Å². The molecule has 1 aromatic carbocycles. The number of ether oxygens (including phenoxy) is 1. The van der Waals surface area contributed by atoms with E-state index in [0.29, 0.717) is 32.0 Å². The van der Waals surface area contributed by atoms with Crippen LogP contribution in [0.3, 0.4) is 0 Å². The van der Waals surface area contributed by atoms with Crippen LogP contribution in [0.1, 0.15) is 64.9 Å². The summed E-state index contributed by atoms with van der Waals surface area (Å²) in [5.41, 5.74) is 0.823. The van der Waals surface area contributed by atoms with Crippen molar-refractivity contribution in [3.8, 4) is 5.75 Å². The summed E-state index contributed by atoms with van der Waals surface area (Å²) in [6.45, 7) is 10.2. The van der Waals surface area contributed by atoms with E-state index in [9.17, 15) is 9.59 Å². The van der Waals surface area contributed by atoms with Crippen LogP contribution < -0.4 is 15.4 Å². The van der Waals surface area contributed by atoms with Gasteiger partial charge in [-0.25, -0.2) is 4.79 Å². The summed E-state index contributed by atoms with van der Waals surface area (Å²) in [6.07, 6.45) is 2.87. The molecule has 1 atom stereocenters. The molecule has 3 amide bonds. The van der Waals surface area contributed by atoms with Crippen molar-refractivity contribution in [1.82, 2.24) is 15.5 Å². The Morgan fingerprint density at radius 1 is 1.17 bits per heavy atom. The molecule has 1 saturated heterocycles. The molecule has 3 rings (SSSR count). The van der Waals surface area contributed by atoms with Crippen LogP contribution in [0.4, 0.5) is 4.79 Å². The predicted molar refractivity (Wildman–Crippen MR) is 114 cm³/mol. The van der Waals surface area contributed by atoms with E-state index in [1.165, 1.54) is 0 Å². The minimum absolute atomic E-state index is 0.00401. The molecule has 1 fully saturated rings. The number of carbonyl (C=O) groups excluding carboxylic acids is 2. The maximum Gasteiger partial charge on any atom is 0.317 e. The molecule has 1 spiro atoms. The lowest BCUT2D eigenvalue weighted by molar-refractivity contribution is -0.122. The summed E-state index contributed by atoms with van der Waals surface area (Å²) in [4.78, 5) is 26.7. The largest absolute Gasteiger partial charge is 0.487 e. The predicted octanol–water partition coefficient (Wildman–Crippen LogP) is 3.67. The number of nitrogens with one attached hydrogen (secondary N) is 2. The number of hydrogen-bond acceptors (Lipinski definition) is 3. The van der Waals surface area contributed by atoms with Crippen LogP contribution in [-0.4, -0.2) is 48.1 Å². The van der Waals surface area contributed by atoms with E-state index in [0.717, 1.165) is 30.6 Å². The molecule has 6 nitrogen and oxygen atoms in total. The summed E-state index contributed by atoms with van der Waals surface area (Å²) >= 11 is 0. The number of nitrogens with zero attached hydrogens (tertiary/aromatic N) is 1. The molecule has 1 aromatic rings. The Balaban J connectivity index is 1.69. The fraction of sp³-hybridized carbons (Fsp3) is 0.652. The molecule has 2 aliphatic heterocycles. The van der Waals surface area contributed by atoms with Gasteiger partial charge in [-0.2, -0.15) is 0 Å². The van der Waals surface area contributed by atoms with Crippen molar-refractivity contribution in [2.75, 3.05) is 19.6 Å². The van der Waals surface area contributed by atoms with Gasteiger partial charge >= 0.3 is 6.03 Å². The smallest absolute Gasteiger partial charge is 0.317 e. The van der Waals surface area contributed by atoms with E-state index < -0.39 is 0 Å². The number of urea groups is 1. The van der Waals surface area contributed by atoms with E-state index in [4.69, 9.17) is 4.74 Å². The molecule has 2 N–H and O–H groups in total. The number of fused-ring (bicyclic) bond motifs is 1. The van der Waals surface area contributed by atoms with E-state index in [2.05, 4.69) is 30.5 Å². The lowest BCUT2D eigenvalue weighted by atomic mass is 9.76. The molecule has 6 heteroatoms. The Kier molecular flexibility index (Phi) is 6.70. The standard InChI is InChI=1S/C23H35N3O3/c1-16(2)15-24-21(27)13-18-14-23(29-20-8-6-5-7-19(18)20)9-11-26(12-10-23)22(28)25-17(3)4/h5-8,16-18H,9-15H2,1-4H3,(H,24,27)(H,25,28)/t18-/m0/s1. The summed E-state index contributed by atoms with van der Waals surface area (Å²) in [5.74, 6) is 1.57. The van der Waals surface area contributed by atoms with Crippen LogP contribution in [0, 0.1) is 5.92 Å². The summed E-state index contributed by atoms with van der Waals surface area (Å²) < 4.78 is 6.49. The number of para-hydroxylation sites is 1. The number of hydrogen-bond donors (Lipinski definition) is 2. The number of carbonyl (C=O) groups is 2. The number of rotatable bonds is 5. The number of piperidine rings is 1. The molecule has 2 heterocycles. The Hall–Kier alpha value is -2.24. The first kappa shape index (κ1) is 21.5. The van der Waals surface area contributed by atoms with Gasteiger partial charge in [0.05, 0.1) is 0 Å². The van der Waals surface area contributed by atoms with Gasteiger partial charge < -0.3 is 20.3 Å². The minimum Gasteiger partial charge on any atom is -0.487 e. The molecule has 0 saturated carbocycles. The minimum atomic E-state index is -0.300. The number of amides is 3. The molecule has 2 aliphatic rings. The van der Waals surface area contributed by atoms with Crippen molar-refractivity contribution in [3.63, 3.8) is 0 Å². The van der Waals surface area contributed by atoms with Gasteiger partial charge in [0.25, 0.3) is 0 Å². The zero-order valence-electron chi connectivity index (χ0n) is 18.2. The van der Waals surface area contributed by atoms with Gasteiger partial charge in [0.1, 0.15) is 11.4 Å². The molecule has 29 heavy (non-hydrogen) atoms. The summed E-state index contributed by atoms with van der Waals surface area (Å²) in [6, 6.07) is 8.21. The van der Waals surface area contributed by atoms with E-state index >= 15 is 0 Å². The molecular weight excluding hydrogens is 366 g/mol. The highest BCUT2D eigenvalue weighted by Crippen LogP contribution is 2.46. The monoisotopic (exact) mass is 401 g/mol. The van der Waals surface area contributed by atoms with Crippen LogP contribution in [-0.2, 0) is 4.79 Å². The van der Waals surface area contributed by atoms with Crippen LogP contribution in [0.2, 0.25) is 0 Å². The normalized spacial score (nSPS) is 20.3. The van der Waals surface area contributed by atoms with Gasteiger partial charge in [-0.3, -0.25) is 4.79 Å². The second-order valence-corrected chi connectivity index (χ2v) is 9.22. The first-order chi connectivity index (χ1) is 13.8. The van der Waals surface area contributed by atoms with Gasteiger partial charge in [-0.05, 0) is 37.8 Å². The maximum atomic E-state index is 12.5. The van der Waals surface area contributed by atoms with Crippen molar-refractivity contribution in [3.05, 3.63) is 29.8 Å². The average molecular weight is 402 g/mol. The Morgan fingerprint density at radius 3 is 2.52 bits per heavy atom. The topological polar surface area (TPSA) is 70.7 Å². The third kappa shape index (κ3) is 5.43. The lowest BCUT2D eigenvalue weighted by Crippen LogP contribution is -2.54. The maximum absolute atomic E-state index is 12.5. The Labute approximate surface area is 174 Å². The number of benzene rings is 1. The second-order valence-electron chi connectivity index (χ2n) is 9.22. The molecule has 0 unspecified atom stereocenters. The van der Waals surface area contributed by atoms with Gasteiger partial charge in [0.2, 0.25) is 5.91 Å². The van der Waals surface area contributed by atoms with Gasteiger partial charge in [0, 0.05) is 50.9 Å². The molecule has 0 bridgehead atoms. The van der Waals surface area contributed by atoms with E-state index in [1.807, 2.05) is 36.9 Å². The van der Waals surface area contributed by atoms with Crippen LogP contribution in [0.5, 0.6) is 5.75 Å².